The number of carbonyl (C=O) groups is 1. The van der Waals surface area contributed by atoms with Crippen molar-refractivity contribution in [3.05, 3.63) is 23.4 Å². The summed E-state index contributed by atoms with van der Waals surface area (Å²) in [5.74, 6) is 0. The average molecular weight is 123 g/mol. The molecule has 48 valence electrons. The van der Waals surface area contributed by atoms with E-state index in [1.165, 1.54) is 0 Å². The van der Waals surface area contributed by atoms with Crippen LogP contribution in [0.5, 0.6) is 0 Å². The van der Waals surface area contributed by atoms with Gasteiger partial charge < -0.3 is 5.73 Å². The molecule has 9 heavy (non-hydrogen) atoms. The first-order chi connectivity index (χ1) is 4.33. The molecule has 0 atom stereocenters. The summed E-state index contributed by atoms with van der Waals surface area (Å²) in [7, 11) is 0. The summed E-state index contributed by atoms with van der Waals surface area (Å²) in [5.41, 5.74) is 6.97. The van der Waals surface area contributed by atoms with Gasteiger partial charge in [0.1, 0.15) is 6.29 Å². The number of carbonyl (C=O) groups excluding carboxylic acids is 1. The monoisotopic (exact) mass is 123 g/mol. The van der Waals surface area contributed by atoms with Crippen molar-refractivity contribution in [2.45, 2.75) is 12.8 Å². The molecule has 0 fully saturated rings. The van der Waals surface area contributed by atoms with Crippen molar-refractivity contribution in [3.63, 3.8) is 0 Å². The molecule has 0 radical (unpaired) electrons. The van der Waals surface area contributed by atoms with Crippen LogP contribution in [0, 0.1) is 0 Å². The van der Waals surface area contributed by atoms with Crippen LogP contribution < -0.4 is 5.73 Å². The van der Waals surface area contributed by atoms with E-state index in [-0.39, 0.29) is 0 Å². The van der Waals surface area contributed by atoms with Gasteiger partial charge in [-0.2, -0.15) is 0 Å². The van der Waals surface area contributed by atoms with E-state index >= 15 is 0 Å². The Morgan fingerprint density at radius 2 is 2.44 bits per heavy atom. The molecule has 0 amide bonds. The summed E-state index contributed by atoms with van der Waals surface area (Å²) in [4.78, 5) is 10.1. The average Bonchev–Trinajstić information content (AvgIpc) is 1.88. The second kappa shape index (κ2) is 2.49. The Morgan fingerprint density at radius 3 is 2.89 bits per heavy atom. The number of nitrogens with two attached hydrogens (primary N) is 1. The van der Waals surface area contributed by atoms with E-state index in [2.05, 4.69) is 0 Å². The highest BCUT2D eigenvalue weighted by molar-refractivity contribution is 5.78. The van der Waals surface area contributed by atoms with E-state index in [9.17, 15) is 4.79 Å². The molecule has 0 saturated heterocycles. The highest BCUT2D eigenvalue weighted by Crippen LogP contribution is 2.10. The lowest BCUT2D eigenvalue weighted by molar-refractivity contribution is -0.104. The number of hydrogen-bond donors (Lipinski definition) is 1. The van der Waals surface area contributed by atoms with Crippen molar-refractivity contribution in [3.8, 4) is 0 Å². The zero-order valence-electron chi connectivity index (χ0n) is 5.13. The highest BCUT2D eigenvalue weighted by atomic mass is 16.1. The topological polar surface area (TPSA) is 43.1 Å². The predicted octanol–water partition coefficient (Wildman–Crippen LogP) is 0.748. The Hall–Kier alpha value is -1.05. The third-order valence-corrected chi connectivity index (χ3v) is 1.30. The second-order valence-corrected chi connectivity index (χ2v) is 2.08. The van der Waals surface area contributed by atoms with E-state index in [4.69, 9.17) is 5.73 Å². The largest absolute Gasteiger partial charge is 0.402 e. The van der Waals surface area contributed by atoms with Crippen LogP contribution >= 0.6 is 0 Å². The molecule has 0 bridgehead atoms. The molecule has 0 unspecified atom stereocenters. The first-order valence-electron chi connectivity index (χ1n) is 2.94. The van der Waals surface area contributed by atoms with E-state index in [1.807, 2.05) is 6.08 Å². The fourth-order valence-electron chi connectivity index (χ4n) is 0.833. The van der Waals surface area contributed by atoms with E-state index in [0.717, 1.165) is 24.8 Å². The van der Waals surface area contributed by atoms with Crippen molar-refractivity contribution in [2.24, 2.45) is 5.73 Å². The summed E-state index contributed by atoms with van der Waals surface area (Å²) < 4.78 is 0. The summed E-state index contributed by atoms with van der Waals surface area (Å²) in [5, 5.41) is 0. The second-order valence-electron chi connectivity index (χ2n) is 2.08. The molecule has 1 aliphatic carbocycles. The number of rotatable bonds is 1. The van der Waals surface area contributed by atoms with Gasteiger partial charge in [0.25, 0.3) is 0 Å². The number of aldehydes is 1. The Morgan fingerprint density at radius 1 is 1.67 bits per heavy atom. The Bertz CT molecular complexity index is 179. The van der Waals surface area contributed by atoms with Gasteiger partial charge in [0, 0.05) is 11.3 Å². The Kier molecular flexibility index (Phi) is 1.68. The third-order valence-electron chi connectivity index (χ3n) is 1.30. The summed E-state index contributed by atoms with van der Waals surface area (Å²) in [6.45, 7) is 0. The molecule has 2 nitrogen and oxygen atoms in total. The smallest absolute Gasteiger partial charge is 0.149 e. The van der Waals surface area contributed by atoms with Crippen LogP contribution in [-0.4, -0.2) is 6.29 Å². The van der Waals surface area contributed by atoms with Crippen molar-refractivity contribution >= 4 is 6.29 Å². The minimum absolute atomic E-state index is 0.707. The lowest BCUT2D eigenvalue weighted by atomic mass is 10.1. The number of allylic oxidation sites excluding steroid dienone is 4. The van der Waals surface area contributed by atoms with Crippen LogP contribution in [0.15, 0.2) is 23.4 Å². The fraction of sp³-hybridized carbons (Fsp3) is 0.286. The van der Waals surface area contributed by atoms with Gasteiger partial charge in [0.2, 0.25) is 0 Å². The summed E-state index contributed by atoms with van der Waals surface area (Å²) in [6.07, 6.45) is 6.22. The summed E-state index contributed by atoms with van der Waals surface area (Å²) in [6, 6.07) is 0. The maximum absolute atomic E-state index is 10.1. The van der Waals surface area contributed by atoms with Gasteiger partial charge in [-0.3, -0.25) is 4.79 Å². The Labute approximate surface area is 54.0 Å². The van der Waals surface area contributed by atoms with Crippen molar-refractivity contribution in [1.29, 1.82) is 0 Å². The van der Waals surface area contributed by atoms with Gasteiger partial charge >= 0.3 is 0 Å². The van der Waals surface area contributed by atoms with Gasteiger partial charge in [0.15, 0.2) is 0 Å². The maximum Gasteiger partial charge on any atom is 0.149 e. The van der Waals surface area contributed by atoms with Crippen LogP contribution in [0.25, 0.3) is 0 Å². The van der Waals surface area contributed by atoms with E-state index in [0.29, 0.717) is 5.57 Å². The molecule has 1 rings (SSSR count). The zero-order chi connectivity index (χ0) is 6.69. The van der Waals surface area contributed by atoms with E-state index in [1.54, 1.807) is 6.08 Å². The molecule has 0 aromatic rings. The molecule has 0 aromatic carbocycles. The lowest BCUT2D eigenvalue weighted by Gasteiger charge is -2.03. The molecule has 2 heteroatoms. The first kappa shape index (κ1) is 6.08. The SMILES string of the molecule is NC1=CC(C=O)=CCC1. The molecule has 0 heterocycles. The molecule has 0 aliphatic heterocycles. The molecule has 2 N–H and O–H groups in total. The van der Waals surface area contributed by atoms with Crippen LogP contribution in [0.4, 0.5) is 0 Å². The summed E-state index contributed by atoms with van der Waals surface area (Å²) >= 11 is 0. The lowest BCUT2D eigenvalue weighted by Crippen LogP contribution is -2.01. The van der Waals surface area contributed by atoms with Crippen LogP contribution in [0.3, 0.4) is 0 Å². The predicted molar refractivity (Wildman–Crippen MR) is 35.7 cm³/mol. The molecular weight excluding hydrogens is 114 g/mol. The van der Waals surface area contributed by atoms with Crippen molar-refractivity contribution < 1.29 is 4.79 Å². The molecule has 0 saturated carbocycles. The first-order valence-corrected chi connectivity index (χ1v) is 2.94. The van der Waals surface area contributed by atoms with Crippen molar-refractivity contribution in [2.75, 3.05) is 0 Å². The van der Waals surface area contributed by atoms with Gasteiger partial charge in [-0.1, -0.05) is 6.08 Å². The van der Waals surface area contributed by atoms with Gasteiger partial charge in [-0.05, 0) is 18.9 Å². The maximum atomic E-state index is 10.1. The molecule has 0 aromatic heterocycles. The fourth-order valence-corrected chi connectivity index (χ4v) is 0.833. The minimum atomic E-state index is 0.707. The van der Waals surface area contributed by atoms with Crippen molar-refractivity contribution in [1.82, 2.24) is 0 Å². The van der Waals surface area contributed by atoms with Gasteiger partial charge in [0.05, 0.1) is 0 Å². The Balaban J connectivity index is 2.74. The zero-order valence-corrected chi connectivity index (χ0v) is 5.13. The number of hydrogen-bond acceptors (Lipinski definition) is 2. The van der Waals surface area contributed by atoms with Crippen LogP contribution in [0.1, 0.15) is 12.8 Å². The van der Waals surface area contributed by atoms with Crippen LogP contribution in [0.2, 0.25) is 0 Å². The molecule has 1 aliphatic rings. The van der Waals surface area contributed by atoms with Gasteiger partial charge in [-0.15, -0.1) is 0 Å². The molecular formula is C7H9NO. The standard InChI is InChI=1S/C7H9NO/c8-7-3-1-2-6(4-7)5-9/h2,4-5H,1,3,8H2. The third kappa shape index (κ3) is 1.42. The quantitative estimate of drug-likeness (QED) is 0.523. The minimum Gasteiger partial charge on any atom is -0.402 e. The van der Waals surface area contributed by atoms with Gasteiger partial charge in [-0.25, -0.2) is 0 Å². The van der Waals surface area contributed by atoms with Crippen LogP contribution in [-0.2, 0) is 4.79 Å². The molecule has 0 spiro atoms. The van der Waals surface area contributed by atoms with E-state index < -0.39 is 0 Å². The normalized spacial score (nSPS) is 18.2. The highest BCUT2D eigenvalue weighted by Gasteiger charge is 1.98.